The van der Waals surface area contributed by atoms with Crippen molar-refractivity contribution < 1.29 is 28.7 Å². The highest BCUT2D eigenvalue weighted by Gasteiger charge is 2.35. The summed E-state index contributed by atoms with van der Waals surface area (Å²) in [7, 11) is 0. The number of hydrogen-bond acceptors (Lipinski definition) is 6. The molecule has 0 fully saturated rings. The van der Waals surface area contributed by atoms with E-state index in [1.165, 1.54) is 19.1 Å². The molecule has 1 N–H and O–H groups in total. The average molecular weight is 394 g/mol. The molecular formula is C21H18N2O6. The molecule has 0 unspecified atom stereocenters. The first-order valence-corrected chi connectivity index (χ1v) is 9.06. The molecule has 2 aromatic rings. The zero-order valence-corrected chi connectivity index (χ0v) is 15.9. The van der Waals surface area contributed by atoms with Crippen LogP contribution in [0.3, 0.4) is 0 Å². The molecule has 0 bridgehead atoms. The number of hydrogen-bond donors (Lipinski definition) is 1. The summed E-state index contributed by atoms with van der Waals surface area (Å²) >= 11 is 0. The maximum atomic E-state index is 12.5. The second-order valence-corrected chi connectivity index (χ2v) is 6.92. The van der Waals surface area contributed by atoms with Crippen LogP contribution in [0.5, 0.6) is 11.5 Å². The zero-order chi connectivity index (χ0) is 20.7. The summed E-state index contributed by atoms with van der Waals surface area (Å²) in [6.07, 6.45) is -0.101. The van der Waals surface area contributed by atoms with Gasteiger partial charge in [0, 0.05) is 24.6 Å². The molecule has 3 amide bonds. The Morgan fingerprint density at radius 1 is 1.03 bits per heavy atom. The van der Waals surface area contributed by atoms with E-state index in [1.807, 2.05) is 6.92 Å². The number of benzene rings is 2. The fraction of sp³-hybridized carbons (Fsp3) is 0.238. The number of amides is 3. The maximum absolute atomic E-state index is 12.5. The van der Waals surface area contributed by atoms with Crippen molar-refractivity contribution in [3.05, 3.63) is 52.6 Å². The molecule has 0 spiro atoms. The van der Waals surface area contributed by atoms with Crippen LogP contribution in [0.25, 0.3) is 0 Å². The molecule has 0 aromatic heterocycles. The Morgan fingerprint density at radius 3 is 2.45 bits per heavy atom. The lowest BCUT2D eigenvalue weighted by Gasteiger charge is -2.14. The minimum atomic E-state index is -0.431. The van der Waals surface area contributed by atoms with Crippen LogP contribution in [0.2, 0.25) is 0 Å². The topological polar surface area (TPSA) is 102 Å². The van der Waals surface area contributed by atoms with Gasteiger partial charge in [-0.15, -0.1) is 0 Å². The Balaban J connectivity index is 1.46. The fourth-order valence-corrected chi connectivity index (χ4v) is 3.37. The van der Waals surface area contributed by atoms with Crippen LogP contribution in [0, 0.1) is 6.92 Å². The largest absolute Gasteiger partial charge is 0.454 e. The van der Waals surface area contributed by atoms with Crippen LogP contribution in [-0.2, 0) is 4.79 Å². The molecule has 29 heavy (non-hydrogen) atoms. The number of carbonyl (C=O) groups is 4. The zero-order valence-electron chi connectivity index (χ0n) is 15.9. The second-order valence-electron chi connectivity index (χ2n) is 6.92. The third kappa shape index (κ3) is 3.33. The number of ketones is 1. The Hall–Kier alpha value is -3.68. The first-order valence-electron chi connectivity index (χ1n) is 9.06. The van der Waals surface area contributed by atoms with Gasteiger partial charge in [-0.2, -0.15) is 0 Å². The van der Waals surface area contributed by atoms with Crippen LogP contribution < -0.4 is 14.8 Å². The van der Waals surface area contributed by atoms with Crippen molar-refractivity contribution >= 4 is 29.2 Å². The average Bonchev–Trinajstić information content (AvgIpc) is 3.22. The first-order chi connectivity index (χ1) is 13.8. The highest BCUT2D eigenvalue weighted by molar-refractivity contribution is 6.21. The molecule has 148 valence electrons. The normalized spacial score (nSPS) is 14.2. The lowest BCUT2D eigenvalue weighted by Crippen LogP contribution is -2.33. The second kappa shape index (κ2) is 7.05. The van der Waals surface area contributed by atoms with Gasteiger partial charge in [-0.25, -0.2) is 0 Å². The molecule has 4 rings (SSSR count). The number of rotatable bonds is 5. The maximum Gasteiger partial charge on any atom is 0.261 e. The minimum absolute atomic E-state index is 0.0449. The number of nitrogens with zero attached hydrogens (tertiary/aromatic N) is 1. The predicted octanol–water partition coefficient (Wildman–Crippen LogP) is 2.55. The van der Waals surface area contributed by atoms with E-state index < -0.39 is 17.7 Å². The van der Waals surface area contributed by atoms with E-state index in [2.05, 4.69) is 5.32 Å². The Morgan fingerprint density at radius 2 is 1.72 bits per heavy atom. The van der Waals surface area contributed by atoms with Gasteiger partial charge < -0.3 is 14.8 Å². The lowest BCUT2D eigenvalue weighted by molar-refractivity contribution is -0.116. The predicted molar refractivity (Wildman–Crippen MR) is 102 cm³/mol. The van der Waals surface area contributed by atoms with Crippen molar-refractivity contribution in [2.75, 3.05) is 18.7 Å². The monoisotopic (exact) mass is 394 g/mol. The molecule has 2 aliphatic heterocycles. The van der Waals surface area contributed by atoms with Crippen LogP contribution >= 0.6 is 0 Å². The van der Waals surface area contributed by atoms with E-state index in [0.29, 0.717) is 33.9 Å². The molecule has 8 heteroatoms. The van der Waals surface area contributed by atoms with Gasteiger partial charge in [0.2, 0.25) is 12.7 Å². The van der Waals surface area contributed by atoms with Gasteiger partial charge in [-0.05, 0) is 32.0 Å². The van der Waals surface area contributed by atoms with Crippen molar-refractivity contribution in [2.45, 2.75) is 20.3 Å². The SMILES string of the molecule is CC(=O)c1cc2c(cc1NC(=O)CCN1C(=O)c3ccc(C)cc3C1=O)OCO2. The lowest BCUT2D eigenvalue weighted by atomic mass is 10.1. The molecule has 0 radical (unpaired) electrons. The highest BCUT2D eigenvalue weighted by atomic mass is 16.7. The number of ether oxygens (including phenoxy) is 2. The Kier molecular flexibility index (Phi) is 4.54. The minimum Gasteiger partial charge on any atom is -0.454 e. The van der Waals surface area contributed by atoms with E-state index in [4.69, 9.17) is 9.47 Å². The molecule has 0 saturated heterocycles. The standard InChI is InChI=1S/C21H18N2O6/c1-11-3-4-13-15(7-11)21(27)23(20(13)26)6-5-19(25)22-16-9-18-17(28-10-29-18)8-14(16)12(2)24/h3-4,7-9H,5-6,10H2,1-2H3,(H,22,25). The van der Waals surface area contributed by atoms with Gasteiger partial charge in [0.1, 0.15) is 0 Å². The summed E-state index contributed by atoms with van der Waals surface area (Å²) in [5.74, 6) is -0.622. The van der Waals surface area contributed by atoms with Gasteiger partial charge in [0.25, 0.3) is 11.8 Å². The van der Waals surface area contributed by atoms with Crippen LogP contribution in [-0.4, -0.2) is 41.7 Å². The number of fused-ring (bicyclic) bond motifs is 2. The van der Waals surface area contributed by atoms with Crippen molar-refractivity contribution in [1.29, 1.82) is 0 Å². The summed E-state index contributed by atoms with van der Waals surface area (Å²) < 4.78 is 10.5. The van der Waals surface area contributed by atoms with Crippen molar-refractivity contribution in [2.24, 2.45) is 0 Å². The van der Waals surface area contributed by atoms with E-state index in [1.54, 1.807) is 18.2 Å². The summed E-state index contributed by atoms with van der Waals surface area (Å²) in [6.45, 7) is 3.21. The van der Waals surface area contributed by atoms with Crippen molar-refractivity contribution in [3.8, 4) is 11.5 Å². The molecule has 0 saturated carbocycles. The number of carbonyl (C=O) groups excluding carboxylic acids is 4. The number of Topliss-reactive ketones (excluding diaryl/α,β-unsaturated/α-hetero) is 1. The smallest absolute Gasteiger partial charge is 0.261 e. The number of aryl methyl sites for hydroxylation is 1. The van der Waals surface area contributed by atoms with Gasteiger partial charge in [0.15, 0.2) is 17.3 Å². The molecule has 0 atom stereocenters. The summed E-state index contributed by atoms with van der Waals surface area (Å²) in [5, 5.41) is 2.66. The highest BCUT2D eigenvalue weighted by Crippen LogP contribution is 2.37. The fourth-order valence-electron chi connectivity index (χ4n) is 3.37. The van der Waals surface area contributed by atoms with Gasteiger partial charge in [-0.3, -0.25) is 24.1 Å². The molecule has 2 heterocycles. The Labute approximate surface area is 166 Å². The van der Waals surface area contributed by atoms with E-state index in [9.17, 15) is 19.2 Å². The number of imide groups is 1. The quantitative estimate of drug-likeness (QED) is 0.618. The summed E-state index contributed by atoms with van der Waals surface area (Å²) in [6, 6.07) is 8.11. The molecule has 0 aliphatic carbocycles. The number of anilines is 1. The molecule has 2 aliphatic rings. The van der Waals surface area contributed by atoms with Gasteiger partial charge in [-0.1, -0.05) is 11.6 Å². The van der Waals surface area contributed by atoms with E-state index in [0.717, 1.165) is 10.5 Å². The van der Waals surface area contributed by atoms with Crippen LogP contribution in [0.4, 0.5) is 5.69 Å². The van der Waals surface area contributed by atoms with Crippen molar-refractivity contribution in [1.82, 2.24) is 4.90 Å². The first kappa shape index (κ1) is 18.7. The van der Waals surface area contributed by atoms with Crippen LogP contribution in [0.1, 0.15) is 50.0 Å². The third-order valence-electron chi connectivity index (χ3n) is 4.85. The molecular weight excluding hydrogens is 376 g/mol. The van der Waals surface area contributed by atoms with Gasteiger partial charge in [0.05, 0.1) is 16.8 Å². The van der Waals surface area contributed by atoms with E-state index >= 15 is 0 Å². The molecule has 2 aromatic carbocycles. The Bertz CT molecular complexity index is 1080. The van der Waals surface area contributed by atoms with E-state index in [-0.39, 0.29) is 25.5 Å². The van der Waals surface area contributed by atoms with Crippen molar-refractivity contribution in [3.63, 3.8) is 0 Å². The summed E-state index contributed by atoms with van der Waals surface area (Å²) in [4.78, 5) is 50.4. The van der Waals surface area contributed by atoms with Gasteiger partial charge >= 0.3 is 0 Å². The van der Waals surface area contributed by atoms with Crippen LogP contribution in [0.15, 0.2) is 30.3 Å². The number of nitrogens with one attached hydrogen (secondary N) is 1. The molecule has 8 nitrogen and oxygen atoms in total. The third-order valence-corrected chi connectivity index (χ3v) is 4.85. The summed E-state index contributed by atoms with van der Waals surface area (Å²) in [5.41, 5.74) is 2.16.